The van der Waals surface area contributed by atoms with Crippen molar-refractivity contribution in [3.8, 4) is 5.75 Å². The van der Waals surface area contributed by atoms with Crippen LogP contribution in [-0.4, -0.2) is 6.61 Å². The second-order valence-electron chi connectivity index (χ2n) is 6.01. The molecule has 0 fully saturated rings. The van der Waals surface area contributed by atoms with Crippen LogP contribution in [0.1, 0.15) is 83.6 Å². The minimum absolute atomic E-state index is 0.748. The van der Waals surface area contributed by atoms with E-state index >= 15 is 0 Å². The molecule has 0 amide bonds. The molecule has 0 heterocycles. The molecule has 21 heavy (non-hydrogen) atoms. The van der Waals surface area contributed by atoms with Gasteiger partial charge in [-0.1, -0.05) is 76.8 Å². The van der Waals surface area contributed by atoms with Crippen molar-refractivity contribution < 1.29 is 4.74 Å². The van der Waals surface area contributed by atoms with Crippen LogP contribution in [0.5, 0.6) is 5.75 Å². The van der Waals surface area contributed by atoms with Crippen molar-refractivity contribution in [2.45, 2.75) is 84.5 Å². The zero-order chi connectivity index (χ0) is 15.2. The Labute approximate surface area is 132 Å². The van der Waals surface area contributed by atoms with E-state index in [4.69, 9.17) is 4.74 Å². The number of hydrogen-bond acceptors (Lipinski definition) is 1. The van der Waals surface area contributed by atoms with E-state index in [0.717, 1.165) is 12.4 Å². The van der Waals surface area contributed by atoms with E-state index in [-0.39, 0.29) is 0 Å². The van der Waals surface area contributed by atoms with Crippen LogP contribution in [-0.2, 0) is 6.42 Å². The van der Waals surface area contributed by atoms with Gasteiger partial charge in [-0.05, 0) is 37.5 Å². The summed E-state index contributed by atoms with van der Waals surface area (Å²) in [7, 11) is 0. The topological polar surface area (TPSA) is 9.23 Å². The number of ether oxygens (including phenoxy) is 1. The van der Waals surface area contributed by atoms with Crippen molar-refractivity contribution >= 4 is 0 Å². The minimum atomic E-state index is 0.748. The Morgan fingerprint density at radius 2 is 1.19 bits per heavy atom. The maximum atomic E-state index is 5.47. The minimum Gasteiger partial charge on any atom is -0.494 e. The highest BCUT2D eigenvalue weighted by molar-refractivity contribution is 5.27. The van der Waals surface area contributed by atoms with Gasteiger partial charge in [0.05, 0.1) is 6.61 Å². The fraction of sp³-hybridized carbons (Fsp3) is 0.700. The molecule has 0 N–H and O–H groups in total. The predicted octanol–water partition coefficient (Wildman–Crippen LogP) is 6.55. The van der Waals surface area contributed by atoms with Gasteiger partial charge in [0.2, 0.25) is 0 Å². The van der Waals surface area contributed by atoms with Gasteiger partial charge in [-0.15, -0.1) is 0 Å². The van der Waals surface area contributed by atoms with Gasteiger partial charge in [-0.3, -0.25) is 0 Å². The van der Waals surface area contributed by atoms with Crippen LogP contribution in [0.25, 0.3) is 0 Å². The Morgan fingerprint density at radius 1 is 0.667 bits per heavy atom. The van der Waals surface area contributed by atoms with E-state index in [1.54, 1.807) is 0 Å². The summed E-state index contributed by atoms with van der Waals surface area (Å²) in [4.78, 5) is 0. The maximum absolute atomic E-state index is 5.47. The lowest BCUT2D eigenvalue weighted by molar-refractivity contribution is 0.340. The van der Waals surface area contributed by atoms with Crippen molar-refractivity contribution in [2.75, 3.05) is 6.61 Å². The first-order valence-electron chi connectivity index (χ1n) is 9.08. The summed E-state index contributed by atoms with van der Waals surface area (Å²) in [6, 6.07) is 8.60. The van der Waals surface area contributed by atoms with Gasteiger partial charge >= 0.3 is 0 Å². The lowest BCUT2D eigenvalue weighted by Crippen LogP contribution is -1.92. The van der Waals surface area contributed by atoms with Crippen molar-refractivity contribution in [1.82, 2.24) is 0 Å². The fourth-order valence-electron chi connectivity index (χ4n) is 2.74. The van der Waals surface area contributed by atoms with Gasteiger partial charge in [0, 0.05) is 0 Å². The van der Waals surface area contributed by atoms with Crippen LogP contribution in [0.2, 0.25) is 0 Å². The fourth-order valence-corrected chi connectivity index (χ4v) is 2.74. The summed E-state index contributed by atoms with van der Waals surface area (Å²) in [6.45, 7) is 5.06. The lowest BCUT2D eigenvalue weighted by Gasteiger charge is -2.05. The Morgan fingerprint density at radius 3 is 1.71 bits per heavy atom. The Bertz CT molecular complexity index is 328. The molecule has 0 radical (unpaired) electrons. The Balaban J connectivity index is 1.94. The molecule has 0 atom stereocenters. The molecular weight excluding hydrogens is 256 g/mol. The largest absolute Gasteiger partial charge is 0.494 e. The Hall–Kier alpha value is -0.980. The van der Waals surface area contributed by atoms with Crippen molar-refractivity contribution in [1.29, 1.82) is 0 Å². The molecular formula is C20H34O. The molecule has 0 aromatic heterocycles. The molecule has 0 saturated heterocycles. The molecule has 0 aliphatic heterocycles. The second-order valence-corrected chi connectivity index (χ2v) is 6.01. The quantitative estimate of drug-likeness (QED) is 0.374. The van der Waals surface area contributed by atoms with Crippen molar-refractivity contribution in [3.05, 3.63) is 29.8 Å². The third-order valence-corrected chi connectivity index (χ3v) is 4.05. The van der Waals surface area contributed by atoms with Gasteiger partial charge in [0.15, 0.2) is 0 Å². The maximum Gasteiger partial charge on any atom is 0.119 e. The van der Waals surface area contributed by atoms with Gasteiger partial charge in [-0.2, -0.15) is 0 Å². The van der Waals surface area contributed by atoms with E-state index < -0.39 is 0 Å². The number of unbranched alkanes of at least 4 members (excludes halogenated alkanes) is 9. The van der Waals surface area contributed by atoms with E-state index in [0.29, 0.717) is 0 Å². The van der Waals surface area contributed by atoms with Gasteiger partial charge in [0.25, 0.3) is 0 Å². The second kappa shape index (κ2) is 12.7. The molecule has 1 nitrogen and oxygen atoms in total. The van der Waals surface area contributed by atoms with Crippen LogP contribution in [0, 0.1) is 0 Å². The monoisotopic (exact) mass is 290 g/mol. The van der Waals surface area contributed by atoms with Crippen LogP contribution in [0.3, 0.4) is 0 Å². The summed E-state index contributed by atoms with van der Waals surface area (Å²) in [6.07, 6.45) is 15.3. The predicted molar refractivity (Wildman–Crippen MR) is 93.2 cm³/mol. The summed E-state index contributed by atoms with van der Waals surface area (Å²) >= 11 is 0. The number of benzene rings is 1. The number of hydrogen-bond donors (Lipinski definition) is 0. The van der Waals surface area contributed by atoms with E-state index in [9.17, 15) is 0 Å². The highest BCUT2D eigenvalue weighted by Gasteiger charge is 1.96. The average Bonchev–Trinajstić information content (AvgIpc) is 2.51. The molecule has 0 aliphatic carbocycles. The molecule has 0 saturated carbocycles. The molecule has 1 heteroatoms. The first-order chi connectivity index (χ1) is 10.4. The van der Waals surface area contributed by atoms with Gasteiger partial charge in [-0.25, -0.2) is 0 Å². The first-order valence-corrected chi connectivity index (χ1v) is 9.08. The van der Waals surface area contributed by atoms with E-state index in [1.165, 1.54) is 76.2 Å². The van der Waals surface area contributed by atoms with Crippen molar-refractivity contribution in [2.24, 2.45) is 0 Å². The third-order valence-electron chi connectivity index (χ3n) is 4.05. The standard InChI is InChI=1S/C20H34O/c1-3-5-6-7-8-9-10-11-12-13-14-19-15-17-20(18-16-19)21-4-2/h15-18H,3-14H2,1-2H3. The SMILES string of the molecule is CCCCCCCCCCCCc1ccc(OCC)cc1. The molecule has 0 unspecified atom stereocenters. The zero-order valence-corrected chi connectivity index (χ0v) is 14.2. The normalized spacial score (nSPS) is 10.8. The smallest absolute Gasteiger partial charge is 0.119 e. The van der Waals surface area contributed by atoms with Gasteiger partial charge < -0.3 is 4.74 Å². The summed E-state index contributed by atoms with van der Waals surface area (Å²) < 4.78 is 5.47. The highest BCUT2D eigenvalue weighted by Crippen LogP contribution is 2.15. The molecule has 0 spiro atoms. The summed E-state index contributed by atoms with van der Waals surface area (Å²) in [5, 5.41) is 0. The number of aryl methyl sites for hydroxylation is 1. The summed E-state index contributed by atoms with van der Waals surface area (Å²) in [5.74, 6) is 0.990. The number of rotatable bonds is 13. The first kappa shape index (κ1) is 18.1. The highest BCUT2D eigenvalue weighted by atomic mass is 16.5. The average molecular weight is 290 g/mol. The molecule has 1 aromatic carbocycles. The van der Waals surface area contributed by atoms with E-state index in [2.05, 4.69) is 31.2 Å². The van der Waals surface area contributed by atoms with Crippen molar-refractivity contribution in [3.63, 3.8) is 0 Å². The van der Waals surface area contributed by atoms with Crippen LogP contribution < -0.4 is 4.74 Å². The molecule has 120 valence electrons. The van der Waals surface area contributed by atoms with Crippen LogP contribution in [0.4, 0.5) is 0 Å². The van der Waals surface area contributed by atoms with E-state index in [1.807, 2.05) is 6.92 Å². The molecule has 0 aliphatic rings. The summed E-state index contributed by atoms with van der Waals surface area (Å²) in [5.41, 5.74) is 1.44. The lowest BCUT2D eigenvalue weighted by atomic mass is 10.0. The molecule has 1 aromatic rings. The van der Waals surface area contributed by atoms with Crippen LogP contribution in [0.15, 0.2) is 24.3 Å². The molecule has 1 rings (SSSR count). The molecule has 0 bridgehead atoms. The zero-order valence-electron chi connectivity index (χ0n) is 14.2. The third kappa shape index (κ3) is 9.55. The van der Waals surface area contributed by atoms with Gasteiger partial charge in [0.1, 0.15) is 5.75 Å². The van der Waals surface area contributed by atoms with Crippen LogP contribution >= 0.6 is 0 Å². The Kier molecular flexibility index (Phi) is 11.0.